The standard InChI is InChI=1S/C15H16N2OS.C14H26N2O/c18-11-15(8-1-2-9-15)17-19-13-7-3-5-12-6-4-10-16-14(12)13;1-4-10-5-9-6-11(12(10)16-3)8-14(2,7-9)13(15)17/h3-7,10-11,17H,1-2,8-9H2;9-12,16H,4-8H2,1-3H3,(H2,15,17). The molecule has 3 saturated carbocycles. The van der Waals surface area contributed by atoms with Crippen LogP contribution >= 0.6 is 11.9 Å². The molecule has 1 heterocycles. The predicted octanol–water partition coefficient (Wildman–Crippen LogP) is 5.26. The number of fused-ring (bicyclic) bond motifs is 3. The van der Waals surface area contributed by atoms with Crippen molar-refractivity contribution in [3.05, 3.63) is 36.5 Å². The molecule has 2 bridgehead atoms. The quantitative estimate of drug-likeness (QED) is 0.347. The Morgan fingerprint density at radius 2 is 1.94 bits per heavy atom. The van der Waals surface area contributed by atoms with E-state index in [2.05, 4.69) is 48.1 Å². The maximum atomic E-state index is 11.7. The van der Waals surface area contributed by atoms with Crippen LogP contribution < -0.4 is 15.8 Å². The van der Waals surface area contributed by atoms with Gasteiger partial charge >= 0.3 is 0 Å². The number of para-hydroxylation sites is 1. The molecule has 0 radical (unpaired) electrons. The lowest BCUT2D eigenvalue weighted by atomic mass is 9.57. The number of nitrogens with two attached hydrogens (primary N) is 1. The zero-order chi connectivity index (χ0) is 25.8. The van der Waals surface area contributed by atoms with Gasteiger partial charge in [0.1, 0.15) is 6.29 Å². The molecule has 3 fully saturated rings. The normalized spacial score (nSPS) is 30.9. The molecule has 3 aliphatic rings. The molecule has 2 aromatic rings. The first-order valence-corrected chi connectivity index (χ1v) is 14.4. The van der Waals surface area contributed by atoms with Crippen molar-refractivity contribution in [1.29, 1.82) is 0 Å². The summed E-state index contributed by atoms with van der Waals surface area (Å²) in [5, 5.41) is 4.61. The number of carbonyl (C=O) groups excluding carboxylic acids is 2. The summed E-state index contributed by atoms with van der Waals surface area (Å²) in [7, 11) is 2.06. The number of aromatic nitrogens is 1. The average molecular weight is 511 g/mol. The maximum absolute atomic E-state index is 11.7. The van der Waals surface area contributed by atoms with Gasteiger partial charge in [0.15, 0.2) is 0 Å². The Morgan fingerprint density at radius 1 is 1.19 bits per heavy atom. The van der Waals surface area contributed by atoms with E-state index >= 15 is 0 Å². The summed E-state index contributed by atoms with van der Waals surface area (Å²) in [6.07, 6.45) is 12.8. The summed E-state index contributed by atoms with van der Waals surface area (Å²) in [6, 6.07) is 10.7. The Labute approximate surface area is 220 Å². The summed E-state index contributed by atoms with van der Waals surface area (Å²) >= 11 is 1.53. The number of amides is 1. The topological polar surface area (TPSA) is 97.1 Å². The second-order valence-electron chi connectivity index (χ2n) is 11.4. The van der Waals surface area contributed by atoms with Gasteiger partial charge in [0.05, 0.1) is 11.1 Å². The zero-order valence-corrected chi connectivity index (χ0v) is 22.8. The Morgan fingerprint density at radius 3 is 2.61 bits per heavy atom. The van der Waals surface area contributed by atoms with E-state index in [0.29, 0.717) is 17.9 Å². The molecule has 1 aromatic carbocycles. The minimum absolute atomic E-state index is 0.1000. The van der Waals surface area contributed by atoms with Gasteiger partial charge in [-0.1, -0.05) is 51.3 Å². The average Bonchev–Trinajstić information content (AvgIpc) is 3.36. The highest BCUT2D eigenvalue weighted by atomic mass is 32.2. The molecule has 5 atom stereocenters. The van der Waals surface area contributed by atoms with Crippen LogP contribution in [0.1, 0.15) is 71.6 Å². The Hall–Kier alpha value is -1.96. The van der Waals surface area contributed by atoms with Crippen LogP contribution in [-0.4, -0.2) is 35.8 Å². The minimum atomic E-state index is -0.346. The number of primary amides is 1. The largest absolute Gasteiger partial charge is 0.369 e. The lowest BCUT2D eigenvalue weighted by molar-refractivity contribution is -0.132. The summed E-state index contributed by atoms with van der Waals surface area (Å²) < 4.78 is 3.36. The van der Waals surface area contributed by atoms with Crippen LogP contribution in [0.5, 0.6) is 0 Å². The van der Waals surface area contributed by atoms with Crippen molar-refractivity contribution in [1.82, 2.24) is 15.0 Å². The number of hydrogen-bond donors (Lipinski definition) is 3. The third-order valence-corrected chi connectivity index (χ3v) is 9.93. The van der Waals surface area contributed by atoms with Crippen LogP contribution in [0.4, 0.5) is 0 Å². The van der Waals surface area contributed by atoms with Crippen molar-refractivity contribution in [3.8, 4) is 0 Å². The number of aldehydes is 1. The first-order chi connectivity index (χ1) is 17.3. The van der Waals surface area contributed by atoms with Gasteiger partial charge in [-0.15, -0.1) is 0 Å². The summed E-state index contributed by atoms with van der Waals surface area (Å²) in [5.41, 5.74) is 5.98. The Kier molecular flexibility index (Phi) is 8.74. The van der Waals surface area contributed by atoms with Crippen molar-refractivity contribution in [2.75, 3.05) is 7.05 Å². The highest BCUT2D eigenvalue weighted by Crippen LogP contribution is 2.50. The van der Waals surface area contributed by atoms with Gasteiger partial charge in [-0.25, -0.2) is 4.72 Å². The van der Waals surface area contributed by atoms with Crippen LogP contribution in [0.15, 0.2) is 41.4 Å². The second-order valence-corrected chi connectivity index (χ2v) is 12.3. The molecular weight excluding hydrogens is 468 g/mol. The number of rotatable bonds is 7. The molecular formula is C29H42N4O2S. The van der Waals surface area contributed by atoms with E-state index in [9.17, 15) is 9.59 Å². The molecule has 1 amide bonds. The van der Waals surface area contributed by atoms with Crippen molar-refractivity contribution < 1.29 is 9.59 Å². The zero-order valence-electron chi connectivity index (χ0n) is 22.0. The van der Waals surface area contributed by atoms with E-state index < -0.39 is 0 Å². The third-order valence-electron chi connectivity index (χ3n) is 8.87. The van der Waals surface area contributed by atoms with Crippen LogP contribution in [0.25, 0.3) is 10.9 Å². The predicted molar refractivity (Wildman–Crippen MR) is 147 cm³/mol. The Bertz CT molecular complexity index is 1050. The number of benzene rings is 1. The number of nitrogens with one attached hydrogen (secondary N) is 2. The summed E-state index contributed by atoms with van der Waals surface area (Å²) in [4.78, 5) is 28.5. The molecule has 0 spiro atoms. The fraction of sp³-hybridized carbons (Fsp3) is 0.621. The lowest BCUT2D eigenvalue weighted by Gasteiger charge is -2.50. The van der Waals surface area contributed by atoms with Crippen LogP contribution in [0.2, 0.25) is 0 Å². The van der Waals surface area contributed by atoms with Gasteiger partial charge < -0.3 is 15.8 Å². The van der Waals surface area contributed by atoms with Crippen molar-refractivity contribution >= 4 is 35.0 Å². The highest BCUT2D eigenvalue weighted by molar-refractivity contribution is 7.97. The minimum Gasteiger partial charge on any atom is -0.369 e. The Balaban J connectivity index is 0.000000170. The third kappa shape index (κ3) is 5.79. The number of nitrogens with zero attached hydrogens (tertiary/aromatic N) is 1. The molecule has 0 saturated heterocycles. The molecule has 1 aromatic heterocycles. The smallest absolute Gasteiger partial charge is 0.223 e. The number of carbonyl (C=O) groups is 2. The molecule has 3 aliphatic carbocycles. The fourth-order valence-electron chi connectivity index (χ4n) is 6.97. The highest BCUT2D eigenvalue weighted by Gasteiger charge is 2.48. The van der Waals surface area contributed by atoms with Crippen LogP contribution in [0.3, 0.4) is 0 Å². The van der Waals surface area contributed by atoms with E-state index in [1.165, 1.54) is 31.2 Å². The van der Waals surface area contributed by atoms with E-state index in [1.54, 1.807) is 6.20 Å². The first kappa shape index (κ1) is 27.1. The van der Waals surface area contributed by atoms with Crippen LogP contribution in [-0.2, 0) is 9.59 Å². The second kappa shape index (κ2) is 11.6. The molecule has 36 heavy (non-hydrogen) atoms. The summed E-state index contributed by atoms with van der Waals surface area (Å²) in [6.45, 7) is 4.34. The molecule has 7 heteroatoms. The maximum Gasteiger partial charge on any atom is 0.223 e. The van der Waals surface area contributed by atoms with Gasteiger partial charge in [-0.2, -0.15) is 0 Å². The molecule has 4 N–H and O–H groups in total. The number of hydrogen-bond acceptors (Lipinski definition) is 6. The molecule has 5 unspecified atom stereocenters. The van der Waals surface area contributed by atoms with Gasteiger partial charge in [-0.3, -0.25) is 9.78 Å². The number of pyridine rings is 1. The van der Waals surface area contributed by atoms with Gasteiger partial charge in [0.25, 0.3) is 0 Å². The van der Waals surface area contributed by atoms with Crippen molar-refractivity contribution in [2.24, 2.45) is 28.9 Å². The van der Waals surface area contributed by atoms with E-state index in [1.807, 2.05) is 18.2 Å². The molecule has 5 rings (SSSR count). The van der Waals surface area contributed by atoms with E-state index in [-0.39, 0.29) is 16.9 Å². The van der Waals surface area contributed by atoms with E-state index in [4.69, 9.17) is 5.73 Å². The van der Waals surface area contributed by atoms with Gasteiger partial charge in [-0.05, 0) is 87.4 Å². The van der Waals surface area contributed by atoms with Crippen LogP contribution in [0, 0.1) is 23.2 Å². The van der Waals surface area contributed by atoms with Crippen molar-refractivity contribution in [2.45, 2.75) is 88.1 Å². The van der Waals surface area contributed by atoms with Crippen molar-refractivity contribution in [3.63, 3.8) is 0 Å². The SMILES string of the molecule is CCC1CC2CC(CC(C)(C(N)=O)C2)C1NC.O=CC1(NSc2cccc3cccnc23)CCCC1. The lowest BCUT2D eigenvalue weighted by Crippen LogP contribution is -2.53. The molecule has 0 aliphatic heterocycles. The molecule has 6 nitrogen and oxygen atoms in total. The monoisotopic (exact) mass is 510 g/mol. The van der Waals surface area contributed by atoms with E-state index in [0.717, 1.165) is 66.5 Å². The fourth-order valence-corrected chi connectivity index (χ4v) is 7.94. The first-order valence-electron chi connectivity index (χ1n) is 13.5. The summed E-state index contributed by atoms with van der Waals surface area (Å²) in [5.74, 6) is 2.02. The molecule has 196 valence electrons. The van der Waals surface area contributed by atoms with Gasteiger partial charge in [0, 0.05) is 27.9 Å². The van der Waals surface area contributed by atoms with Gasteiger partial charge in [0.2, 0.25) is 5.91 Å².